The summed E-state index contributed by atoms with van der Waals surface area (Å²) in [4.78, 5) is 0. The van der Waals surface area contributed by atoms with Crippen molar-refractivity contribution in [2.24, 2.45) is 0 Å². The molecule has 0 spiro atoms. The third-order valence-electron chi connectivity index (χ3n) is 3.92. The molecule has 0 bridgehead atoms. The molecule has 3 rings (SSSR count). The van der Waals surface area contributed by atoms with Crippen LogP contribution in [0, 0.1) is 12.7 Å². The van der Waals surface area contributed by atoms with Gasteiger partial charge in [-0.3, -0.25) is 0 Å². The molecule has 0 amide bonds. The van der Waals surface area contributed by atoms with Crippen LogP contribution >= 0.6 is 0 Å². The minimum Gasteiger partial charge on any atom is -0.227 e. The number of halogens is 1. The fourth-order valence-corrected chi connectivity index (χ4v) is 2.94. The molecule has 0 saturated heterocycles. The van der Waals surface area contributed by atoms with E-state index < -0.39 is 0 Å². The molecule has 2 nitrogen and oxygen atoms in total. The Morgan fingerprint density at radius 3 is 2.67 bits per heavy atom. The lowest BCUT2D eigenvalue weighted by Gasteiger charge is -2.02. The van der Waals surface area contributed by atoms with Gasteiger partial charge in [0.1, 0.15) is 12.4 Å². The van der Waals surface area contributed by atoms with Crippen LogP contribution in [0.2, 0.25) is 0 Å². The Hall–Kier alpha value is -2.16. The van der Waals surface area contributed by atoms with Gasteiger partial charge in [-0.25, -0.2) is 13.5 Å². The summed E-state index contributed by atoms with van der Waals surface area (Å²) in [5.41, 5.74) is 3.43. The molecule has 0 unspecified atom stereocenters. The lowest BCUT2D eigenvalue weighted by atomic mass is 10.2. The maximum absolute atomic E-state index is 13.4. The SMILES string of the molecule is CCCn1c(C)[n+](Cc2cccc(F)c2)c2ccccc21. The number of aromatic nitrogens is 2. The Kier molecular flexibility index (Phi) is 3.74. The van der Waals surface area contributed by atoms with Gasteiger partial charge in [0.2, 0.25) is 0 Å². The molecule has 0 fully saturated rings. The van der Waals surface area contributed by atoms with Gasteiger partial charge < -0.3 is 0 Å². The average molecular weight is 283 g/mol. The predicted molar refractivity (Wildman–Crippen MR) is 82.7 cm³/mol. The molecule has 0 aliphatic rings. The van der Waals surface area contributed by atoms with Crippen molar-refractivity contribution in [2.75, 3.05) is 0 Å². The summed E-state index contributed by atoms with van der Waals surface area (Å²) in [6.07, 6.45) is 1.10. The number of rotatable bonds is 4. The molecule has 0 atom stereocenters. The Morgan fingerprint density at radius 1 is 1.10 bits per heavy atom. The third kappa shape index (κ3) is 2.56. The van der Waals surface area contributed by atoms with E-state index in [9.17, 15) is 4.39 Å². The predicted octanol–water partition coefficient (Wildman–Crippen LogP) is 3.83. The fourth-order valence-electron chi connectivity index (χ4n) is 2.94. The first-order valence-electron chi connectivity index (χ1n) is 7.43. The van der Waals surface area contributed by atoms with Crippen molar-refractivity contribution in [3.8, 4) is 0 Å². The van der Waals surface area contributed by atoms with Gasteiger partial charge in [-0.1, -0.05) is 31.2 Å². The molecule has 21 heavy (non-hydrogen) atoms. The monoisotopic (exact) mass is 283 g/mol. The van der Waals surface area contributed by atoms with Crippen molar-refractivity contribution in [3.05, 3.63) is 65.7 Å². The largest absolute Gasteiger partial charge is 0.254 e. The number of imidazole rings is 1. The molecule has 0 N–H and O–H groups in total. The molecule has 108 valence electrons. The lowest BCUT2D eigenvalue weighted by molar-refractivity contribution is -0.669. The van der Waals surface area contributed by atoms with Crippen molar-refractivity contribution in [2.45, 2.75) is 33.4 Å². The van der Waals surface area contributed by atoms with Gasteiger partial charge in [-0.05, 0) is 36.2 Å². The molecular weight excluding hydrogens is 263 g/mol. The lowest BCUT2D eigenvalue weighted by Crippen LogP contribution is -2.37. The van der Waals surface area contributed by atoms with E-state index in [0.717, 1.165) is 18.5 Å². The van der Waals surface area contributed by atoms with Crippen molar-refractivity contribution in [3.63, 3.8) is 0 Å². The topological polar surface area (TPSA) is 8.81 Å². The first-order chi connectivity index (χ1) is 10.2. The number of fused-ring (bicyclic) bond motifs is 1. The van der Waals surface area contributed by atoms with E-state index in [1.54, 1.807) is 12.1 Å². The van der Waals surface area contributed by atoms with Gasteiger partial charge in [0, 0.05) is 6.92 Å². The van der Waals surface area contributed by atoms with Crippen molar-refractivity contribution in [1.82, 2.24) is 4.57 Å². The molecule has 1 heterocycles. The van der Waals surface area contributed by atoms with Crippen LogP contribution in [0.15, 0.2) is 48.5 Å². The van der Waals surface area contributed by atoms with Crippen LogP contribution in [0.3, 0.4) is 0 Å². The summed E-state index contributed by atoms with van der Waals surface area (Å²) in [6.45, 7) is 6.02. The smallest absolute Gasteiger partial charge is 0.227 e. The van der Waals surface area contributed by atoms with E-state index in [0.29, 0.717) is 6.54 Å². The summed E-state index contributed by atoms with van der Waals surface area (Å²) < 4.78 is 18.0. The normalized spacial score (nSPS) is 11.2. The molecule has 3 heteroatoms. The van der Waals surface area contributed by atoms with Crippen molar-refractivity contribution < 1.29 is 8.96 Å². The number of para-hydroxylation sites is 2. The molecule has 0 radical (unpaired) electrons. The van der Waals surface area contributed by atoms with Crippen LogP contribution in [-0.2, 0) is 13.1 Å². The summed E-state index contributed by atoms with van der Waals surface area (Å²) in [6, 6.07) is 15.3. The first-order valence-corrected chi connectivity index (χ1v) is 7.43. The summed E-state index contributed by atoms with van der Waals surface area (Å²) >= 11 is 0. The second-order valence-electron chi connectivity index (χ2n) is 5.40. The number of nitrogens with zero attached hydrogens (tertiary/aromatic N) is 2. The number of aryl methyl sites for hydroxylation is 1. The number of hydrogen-bond donors (Lipinski definition) is 0. The van der Waals surface area contributed by atoms with Gasteiger partial charge >= 0.3 is 0 Å². The maximum Gasteiger partial charge on any atom is 0.254 e. The minimum absolute atomic E-state index is 0.178. The highest BCUT2D eigenvalue weighted by Gasteiger charge is 2.20. The molecule has 2 aromatic carbocycles. The second kappa shape index (κ2) is 5.68. The van der Waals surface area contributed by atoms with Gasteiger partial charge in [-0.15, -0.1) is 0 Å². The maximum atomic E-state index is 13.4. The Bertz CT molecular complexity index is 774. The van der Waals surface area contributed by atoms with Gasteiger partial charge in [0.05, 0.1) is 6.54 Å². The van der Waals surface area contributed by atoms with Crippen LogP contribution in [0.1, 0.15) is 24.7 Å². The van der Waals surface area contributed by atoms with E-state index in [2.05, 4.69) is 47.2 Å². The highest BCUT2D eigenvalue weighted by molar-refractivity contribution is 5.72. The Labute approximate surface area is 124 Å². The van der Waals surface area contributed by atoms with Gasteiger partial charge in [-0.2, -0.15) is 0 Å². The zero-order valence-electron chi connectivity index (χ0n) is 12.5. The van der Waals surface area contributed by atoms with E-state index in [4.69, 9.17) is 0 Å². The van der Waals surface area contributed by atoms with Crippen LogP contribution in [0.4, 0.5) is 4.39 Å². The first kappa shape index (κ1) is 13.8. The van der Waals surface area contributed by atoms with Crippen molar-refractivity contribution in [1.29, 1.82) is 0 Å². The summed E-state index contributed by atoms with van der Waals surface area (Å²) in [7, 11) is 0. The van der Waals surface area contributed by atoms with Crippen LogP contribution in [0.25, 0.3) is 11.0 Å². The third-order valence-corrected chi connectivity index (χ3v) is 3.92. The van der Waals surface area contributed by atoms with E-state index >= 15 is 0 Å². The zero-order valence-corrected chi connectivity index (χ0v) is 12.5. The Balaban J connectivity index is 2.11. The number of benzene rings is 2. The quantitative estimate of drug-likeness (QED) is 0.643. The molecule has 1 aromatic heterocycles. The molecular formula is C18H20FN2+. The van der Waals surface area contributed by atoms with Crippen LogP contribution in [-0.4, -0.2) is 4.57 Å². The highest BCUT2D eigenvalue weighted by atomic mass is 19.1. The zero-order chi connectivity index (χ0) is 14.8. The fraction of sp³-hybridized carbons (Fsp3) is 0.278. The van der Waals surface area contributed by atoms with E-state index in [1.165, 1.54) is 22.9 Å². The summed E-state index contributed by atoms with van der Waals surface area (Å²) in [5, 5.41) is 0. The molecule has 0 aliphatic heterocycles. The highest BCUT2D eigenvalue weighted by Crippen LogP contribution is 2.16. The molecule has 3 aromatic rings. The van der Waals surface area contributed by atoms with Crippen LogP contribution < -0.4 is 4.57 Å². The standard InChI is InChI=1S/C18H20FN2/c1-3-11-20-14(2)21(18-10-5-4-9-17(18)20)13-15-7-6-8-16(19)12-15/h4-10,12H,3,11,13H2,1-2H3/q+1. The van der Waals surface area contributed by atoms with Gasteiger partial charge in [0.15, 0.2) is 11.0 Å². The van der Waals surface area contributed by atoms with E-state index in [1.807, 2.05) is 6.07 Å². The van der Waals surface area contributed by atoms with Crippen molar-refractivity contribution >= 4 is 11.0 Å². The van der Waals surface area contributed by atoms with Crippen LogP contribution in [0.5, 0.6) is 0 Å². The Morgan fingerprint density at radius 2 is 1.90 bits per heavy atom. The minimum atomic E-state index is -0.178. The average Bonchev–Trinajstić information content (AvgIpc) is 2.74. The molecule has 0 aliphatic carbocycles. The second-order valence-corrected chi connectivity index (χ2v) is 5.40. The number of hydrogen-bond acceptors (Lipinski definition) is 0. The van der Waals surface area contributed by atoms with Gasteiger partial charge in [0.25, 0.3) is 5.82 Å². The summed E-state index contributed by atoms with van der Waals surface area (Å²) in [5.74, 6) is 1.03. The molecule has 0 saturated carbocycles. The van der Waals surface area contributed by atoms with E-state index in [-0.39, 0.29) is 5.82 Å².